The molecule has 1 aromatic rings. The van der Waals surface area contributed by atoms with Gasteiger partial charge in [-0.15, -0.1) is 0 Å². The minimum atomic E-state index is 0.485. The Hall–Kier alpha value is -1.27. The molecule has 1 aliphatic heterocycles. The Morgan fingerprint density at radius 3 is 2.68 bits per heavy atom. The zero-order chi connectivity index (χ0) is 18.2. The summed E-state index contributed by atoms with van der Waals surface area (Å²) in [5.74, 6) is 2.47. The van der Waals surface area contributed by atoms with Crippen LogP contribution in [-0.2, 0) is 6.54 Å². The van der Waals surface area contributed by atoms with Crippen molar-refractivity contribution in [1.29, 1.82) is 0 Å². The number of ether oxygens (including phenoxy) is 1. The molecule has 0 aromatic heterocycles. The average Bonchev–Trinajstić information content (AvgIpc) is 2.59. The Kier molecular flexibility index (Phi) is 8.03. The Morgan fingerprint density at radius 2 is 2.08 bits per heavy atom. The zero-order valence-corrected chi connectivity index (χ0v) is 17.4. The van der Waals surface area contributed by atoms with Crippen molar-refractivity contribution in [3.8, 4) is 5.75 Å². The molecule has 140 valence electrons. The normalized spacial score (nSPS) is 17.0. The molecule has 0 saturated carbocycles. The van der Waals surface area contributed by atoms with Gasteiger partial charge in [-0.25, -0.2) is 0 Å². The lowest BCUT2D eigenvalue weighted by molar-refractivity contribution is 0.187. The predicted molar refractivity (Wildman–Crippen MR) is 108 cm³/mol. The van der Waals surface area contributed by atoms with E-state index in [0.29, 0.717) is 12.6 Å². The molecule has 0 unspecified atom stereocenters. The molecule has 2 N–H and O–H groups in total. The highest BCUT2D eigenvalue weighted by Crippen LogP contribution is 2.22. The van der Waals surface area contributed by atoms with Gasteiger partial charge in [-0.05, 0) is 37.0 Å². The van der Waals surface area contributed by atoms with Crippen LogP contribution in [-0.4, -0.2) is 50.7 Å². The second-order valence-electron chi connectivity index (χ2n) is 7.00. The van der Waals surface area contributed by atoms with Gasteiger partial charge in [0.15, 0.2) is 5.96 Å². The van der Waals surface area contributed by atoms with Crippen LogP contribution in [0, 0.1) is 5.92 Å². The van der Waals surface area contributed by atoms with Crippen molar-refractivity contribution in [3.63, 3.8) is 0 Å². The molecule has 1 heterocycles. The second-order valence-corrected chi connectivity index (χ2v) is 7.91. The van der Waals surface area contributed by atoms with E-state index in [2.05, 4.69) is 56.4 Å². The van der Waals surface area contributed by atoms with E-state index in [9.17, 15) is 0 Å². The molecule has 0 atom stereocenters. The molecular formula is C19H31BrN4O. The lowest BCUT2D eigenvalue weighted by Gasteiger charge is -2.34. The summed E-state index contributed by atoms with van der Waals surface area (Å²) >= 11 is 3.52. The maximum absolute atomic E-state index is 5.43. The number of nitrogens with zero attached hydrogens (tertiary/aromatic N) is 2. The molecule has 1 saturated heterocycles. The number of hydrogen-bond donors (Lipinski definition) is 2. The number of rotatable bonds is 6. The number of nitrogens with one attached hydrogen (secondary N) is 2. The standard InChI is InChI=1S/C19H31BrN4O/c1-14(2)13-24-9-7-17(8-10-24)23-19(21-3)22-12-15-11-16(20)5-6-18(15)25-4/h5-6,11,14,17H,7-10,12-13H2,1-4H3,(H2,21,22,23). The molecule has 0 aliphatic carbocycles. The van der Waals surface area contributed by atoms with Crippen LogP contribution in [0.25, 0.3) is 0 Å². The lowest BCUT2D eigenvalue weighted by atomic mass is 10.0. The minimum Gasteiger partial charge on any atom is -0.496 e. The van der Waals surface area contributed by atoms with Gasteiger partial charge in [0.2, 0.25) is 0 Å². The Balaban J connectivity index is 1.83. The summed E-state index contributed by atoms with van der Waals surface area (Å²) in [6.07, 6.45) is 2.32. The minimum absolute atomic E-state index is 0.485. The molecule has 0 radical (unpaired) electrons. The lowest BCUT2D eigenvalue weighted by Crippen LogP contribution is -2.49. The van der Waals surface area contributed by atoms with Gasteiger partial charge in [0.25, 0.3) is 0 Å². The van der Waals surface area contributed by atoms with Crippen LogP contribution in [0.5, 0.6) is 5.75 Å². The van der Waals surface area contributed by atoms with Crippen LogP contribution in [0.2, 0.25) is 0 Å². The number of hydrogen-bond acceptors (Lipinski definition) is 3. The summed E-state index contributed by atoms with van der Waals surface area (Å²) in [5.41, 5.74) is 1.10. The summed E-state index contributed by atoms with van der Waals surface area (Å²) in [7, 11) is 3.52. The first-order valence-corrected chi connectivity index (χ1v) is 9.83. The fourth-order valence-electron chi connectivity index (χ4n) is 3.23. The quantitative estimate of drug-likeness (QED) is 0.558. The molecule has 6 heteroatoms. The van der Waals surface area contributed by atoms with E-state index in [4.69, 9.17) is 4.74 Å². The van der Waals surface area contributed by atoms with Crippen molar-refractivity contribution >= 4 is 21.9 Å². The SMILES string of the molecule is CN=C(NCc1cc(Br)ccc1OC)NC1CCN(CC(C)C)CC1. The summed E-state index contributed by atoms with van der Waals surface area (Å²) in [4.78, 5) is 6.93. The summed E-state index contributed by atoms with van der Waals surface area (Å²) in [6, 6.07) is 6.52. The Bertz CT molecular complexity index is 569. The van der Waals surface area contributed by atoms with E-state index in [1.165, 1.54) is 6.54 Å². The van der Waals surface area contributed by atoms with Crippen molar-refractivity contribution in [2.75, 3.05) is 33.8 Å². The molecular weight excluding hydrogens is 380 g/mol. The first-order valence-electron chi connectivity index (χ1n) is 9.03. The number of piperidine rings is 1. The number of likely N-dealkylation sites (tertiary alicyclic amines) is 1. The molecule has 25 heavy (non-hydrogen) atoms. The van der Waals surface area contributed by atoms with Crippen LogP contribution in [0.1, 0.15) is 32.3 Å². The Morgan fingerprint density at radius 1 is 1.36 bits per heavy atom. The van der Waals surface area contributed by atoms with Crippen LogP contribution < -0.4 is 15.4 Å². The molecule has 0 spiro atoms. The monoisotopic (exact) mass is 410 g/mol. The number of methoxy groups -OCH3 is 1. The number of halogens is 1. The third-order valence-corrected chi connectivity index (χ3v) is 4.96. The van der Waals surface area contributed by atoms with E-state index in [1.807, 2.05) is 19.2 Å². The maximum Gasteiger partial charge on any atom is 0.191 e. The van der Waals surface area contributed by atoms with E-state index >= 15 is 0 Å². The maximum atomic E-state index is 5.43. The highest BCUT2D eigenvalue weighted by Gasteiger charge is 2.20. The van der Waals surface area contributed by atoms with Gasteiger partial charge >= 0.3 is 0 Å². The molecule has 5 nitrogen and oxygen atoms in total. The van der Waals surface area contributed by atoms with Gasteiger partial charge in [-0.2, -0.15) is 0 Å². The Labute approximate surface area is 160 Å². The summed E-state index contributed by atoms with van der Waals surface area (Å²) in [5, 5.41) is 6.96. The van der Waals surface area contributed by atoms with Crippen molar-refractivity contribution in [1.82, 2.24) is 15.5 Å². The average molecular weight is 411 g/mol. The largest absolute Gasteiger partial charge is 0.496 e. The van der Waals surface area contributed by atoms with E-state index in [-0.39, 0.29) is 0 Å². The van der Waals surface area contributed by atoms with Gasteiger partial charge in [0, 0.05) is 49.3 Å². The predicted octanol–water partition coefficient (Wildman–Crippen LogP) is 3.24. The number of guanidine groups is 1. The third kappa shape index (κ3) is 6.51. The van der Waals surface area contributed by atoms with E-state index in [0.717, 1.165) is 53.6 Å². The van der Waals surface area contributed by atoms with Gasteiger partial charge in [0.1, 0.15) is 5.75 Å². The van der Waals surface area contributed by atoms with Gasteiger partial charge in [-0.3, -0.25) is 4.99 Å². The smallest absolute Gasteiger partial charge is 0.191 e. The van der Waals surface area contributed by atoms with Crippen molar-refractivity contribution in [2.24, 2.45) is 10.9 Å². The third-order valence-electron chi connectivity index (χ3n) is 4.46. The van der Waals surface area contributed by atoms with Crippen molar-refractivity contribution in [3.05, 3.63) is 28.2 Å². The number of benzene rings is 1. The zero-order valence-electron chi connectivity index (χ0n) is 15.8. The molecule has 2 rings (SSSR count). The number of aliphatic imine (C=N–C) groups is 1. The molecule has 0 amide bonds. The molecule has 0 bridgehead atoms. The van der Waals surface area contributed by atoms with Crippen LogP contribution in [0.4, 0.5) is 0 Å². The van der Waals surface area contributed by atoms with Crippen LogP contribution in [0.15, 0.2) is 27.7 Å². The van der Waals surface area contributed by atoms with Crippen molar-refractivity contribution < 1.29 is 4.74 Å². The molecule has 1 fully saturated rings. The first kappa shape index (κ1) is 20.0. The van der Waals surface area contributed by atoms with Gasteiger partial charge < -0.3 is 20.3 Å². The fraction of sp³-hybridized carbons (Fsp3) is 0.632. The van der Waals surface area contributed by atoms with E-state index < -0.39 is 0 Å². The van der Waals surface area contributed by atoms with Gasteiger partial charge in [-0.1, -0.05) is 29.8 Å². The topological polar surface area (TPSA) is 48.9 Å². The van der Waals surface area contributed by atoms with E-state index in [1.54, 1.807) is 7.11 Å². The van der Waals surface area contributed by atoms with Gasteiger partial charge in [0.05, 0.1) is 7.11 Å². The first-order chi connectivity index (χ1) is 12.0. The molecule has 1 aliphatic rings. The van der Waals surface area contributed by atoms with Crippen LogP contribution in [0.3, 0.4) is 0 Å². The highest BCUT2D eigenvalue weighted by atomic mass is 79.9. The second kappa shape index (κ2) is 10.0. The highest BCUT2D eigenvalue weighted by molar-refractivity contribution is 9.10. The summed E-state index contributed by atoms with van der Waals surface area (Å²) < 4.78 is 6.48. The van der Waals surface area contributed by atoms with Crippen LogP contribution >= 0.6 is 15.9 Å². The summed E-state index contributed by atoms with van der Waals surface area (Å²) in [6.45, 7) is 8.76. The fourth-order valence-corrected chi connectivity index (χ4v) is 3.64. The van der Waals surface area contributed by atoms with Crippen molar-refractivity contribution in [2.45, 2.75) is 39.3 Å². The molecule has 1 aromatic carbocycles.